The van der Waals surface area contributed by atoms with E-state index in [2.05, 4.69) is 62.4 Å². The normalized spacial score (nSPS) is 14.2. The summed E-state index contributed by atoms with van der Waals surface area (Å²) in [6.45, 7) is 4.42. The van der Waals surface area contributed by atoms with Crippen molar-refractivity contribution in [1.82, 2.24) is 0 Å². The smallest absolute Gasteiger partial charge is 0.147 e. The van der Waals surface area contributed by atoms with Crippen LogP contribution in [0.15, 0.2) is 48.5 Å². The predicted molar refractivity (Wildman–Crippen MR) is 108 cm³/mol. The molecule has 0 heterocycles. The second-order valence-corrected chi connectivity index (χ2v) is 7.33. The van der Waals surface area contributed by atoms with E-state index in [4.69, 9.17) is 0 Å². The molecule has 1 nitrogen and oxygen atoms in total. The molecule has 0 saturated heterocycles. The zero-order valence-corrected chi connectivity index (χ0v) is 15.7. The quantitative estimate of drug-likeness (QED) is 0.454. The van der Waals surface area contributed by atoms with Crippen molar-refractivity contribution >= 4 is 5.78 Å². The first kappa shape index (κ1) is 17.9. The first-order chi connectivity index (χ1) is 12.3. The van der Waals surface area contributed by atoms with Crippen LogP contribution < -0.4 is 0 Å². The summed E-state index contributed by atoms with van der Waals surface area (Å²) in [6, 6.07) is 17.2. The second-order valence-electron chi connectivity index (χ2n) is 7.33. The largest absolute Gasteiger partial charge is 0.298 e. The van der Waals surface area contributed by atoms with E-state index in [0.717, 1.165) is 32.1 Å². The van der Waals surface area contributed by atoms with Gasteiger partial charge in [0.1, 0.15) is 5.78 Å². The van der Waals surface area contributed by atoms with E-state index in [-0.39, 0.29) is 1.43 Å². The molecule has 134 valence electrons. The zero-order valence-electron chi connectivity index (χ0n) is 15.7. The van der Waals surface area contributed by atoms with Gasteiger partial charge in [-0.1, -0.05) is 94.5 Å². The van der Waals surface area contributed by atoms with E-state index in [9.17, 15) is 4.79 Å². The van der Waals surface area contributed by atoms with Crippen molar-refractivity contribution in [3.8, 4) is 11.1 Å². The fraction of sp³-hybridized carbons (Fsp3) is 0.458. The fourth-order valence-electron chi connectivity index (χ4n) is 4.42. The minimum atomic E-state index is -0.421. The summed E-state index contributed by atoms with van der Waals surface area (Å²) < 4.78 is 0. The molecule has 2 aromatic carbocycles. The van der Waals surface area contributed by atoms with Gasteiger partial charge in [-0.25, -0.2) is 0 Å². The predicted octanol–water partition coefficient (Wildman–Crippen LogP) is 6.93. The molecule has 0 aromatic heterocycles. The number of hydrogen-bond donors (Lipinski definition) is 0. The van der Waals surface area contributed by atoms with Gasteiger partial charge in [0, 0.05) is 7.85 Å². The second kappa shape index (κ2) is 7.99. The third-order valence-corrected chi connectivity index (χ3v) is 5.70. The first-order valence-corrected chi connectivity index (χ1v) is 9.98. The molecule has 0 unspecified atom stereocenters. The highest BCUT2D eigenvalue weighted by Gasteiger charge is 2.47. The highest BCUT2D eigenvalue weighted by Crippen LogP contribution is 2.52. The Morgan fingerprint density at radius 2 is 1.32 bits per heavy atom. The lowest BCUT2D eigenvalue weighted by Gasteiger charge is -2.31. The van der Waals surface area contributed by atoms with Crippen LogP contribution in [-0.2, 0) is 10.2 Å². The number of Topliss-reactive ketones (excluding diaryl/α,β-unsaturated/α-hetero) is 1. The van der Waals surface area contributed by atoms with E-state index in [1.54, 1.807) is 0 Å². The van der Waals surface area contributed by atoms with Gasteiger partial charge in [-0.15, -0.1) is 0 Å². The highest BCUT2D eigenvalue weighted by atomic mass is 16.1. The summed E-state index contributed by atoms with van der Waals surface area (Å²) in [5.41, 5.74) is 4.59. The van der Waals surface area contributed by atoms with Crippen molar-refractivity contribution in [1.29, 1.82) is 0 Å². The van der Waals surface area contributed by atoms with Gasteiger partial charge in [0.15, 0.2) is 0 Å². The monoisotopic (exact) mass is 336 g/mol. The van der Waals surface area contributed by atoms with Crippen molar-refractivity contribution in [3.63, 3.8) is 0 Å². The minimum Gasteiger partial charge on any atom is -0.298 e. The molecule has 25 heavy (non-hydrogen) atoms. The Labute approximate surface area is 154 Å². The molecule has 0 amide bonds. The van der Waals surface area contributed by atoms with E-state index < -0.39 is 5.41 Å². The molecule has 0 fully saturated rings. The van der Waals surface area contributed by atoms with Crippen LogP contribution in [-0.4, -0.2) is 5.78 Å². The van der Waals surface area contributed by atoms with Crippen LogP contribution >= 0.6 is 0 Å². The van der Waals surface area contributed by atoms with E-state index in [1.807, 2.05) is 0 Å². The van der Waals surface area contributed by atoms with Gasteiger partial charge in [-0.3, -0.25) is 4.79 Å². The SMILES string of the molecule is CCCCCC(=O)C1(CCCCC)c2ccccc2-c2ccccc21.[HH]. The Morgan fingerprint density at radius 3 is 1.88 bits per heavy atom. The third-order valence-electron chi connectivity index (χ3n) is 5.70. The van der Waals surface area contributed by atoms with Crippen molar-refractivity contribution in [2.45, 2.75) is 70.6 Å². The van der Waals surface area contributed by atoms with Gasteiger partial charge in [0.2, 0.25) is 0 Å². The maximum absolute atomic E-state index is 13.6. The van der Waals surface area contributed by atoms with Crippen molar-refractivity contribution in [2.24, 2.45) is 0 Å². The Kier molecular flexibility index (Phi) is 5.73. The molecule has 0 N–H and O–H groups in total. The van der Waals surface area contributed by atoms with Gasteiger partial charge in [-0.05, 0) is 35.1 Å². The van der Waals surface area contributed by atoms with E-state index >= 15 is 0 Å². The van der Waals surface area contributed by atoms with Crippen LogP contribution in [0.4, 0.5) is 0 Å². The lowest BCUT2D eigenvalue weighted by molar-refractivity contribution is -0.123. The average Bonchev–Trinajstić information content (AvgIpc) is 2.94. The minimum absolute atomic E-state index is 0. The number of fused-ring (bicyclic) bond motifs is 3. The van der Waals surface area contributed by atoms with Crippen molar-refractivity contribution < 1.29 is 6.22 Å². The maximum atomic E-state index is 13.6. The number of ketones is 1. The molecule has 1 aliphatic rings. The lowest BCUT2D eigenvalue weighted by Crippen LogP contribution is -2.35. The molecule has 2 aromatic rings. The Hall–Kier alpha value is -1.89. The Morgan fingerprint density at radius 1 is 0.800 bits per heavy atom. The van der Waals surface area contributed by atoms with Gasteiger partial charge < -0.3 is 0 Å². The zero-order chi connectivity index (χ0) is 17.7. The lowest BCUT2D eigenvalue weighted by atomic mass is 9.70. The van der Waals surface area contributed by atoms with Gasteiger partial charge >= 0.3 is 0 Å². The van der Waals surface area contributed by atoms with Crippen LogP contribution in [0.2, 0.25) is 0 Å². The van der Waals surface area contributed by atoms with Crippen LogP contribution in [0.1, 0.15) is 77.8 Å². The Bertz CT molecular complexity index is 689. The number of carbonyl (C=O) groups excluding carboxylic acids is 1. The molecular weight excluding hydrogens is 304 g/mol. The molecule has 1 heteroatoms. The Balaban J connectivity index is 0.00000243. The molecule has 0 spiro atoms. The summed E-state index contributed by atoms with van der Waals surface area (Å²) in [6.07, 6.45) is 8.43. The number of benzene rings is 2. The number of rotatable bonds is 9. The molecule has 0 saturated carbocycles. The molecule has 0 atom stereocenters. The van der Waals surface area contributed by atoms with Gasteiger partial charge in [0.25, 0.3) is 0 Å². The van der Waals surface area contributed by atoms with E-state index in [0.29, 0.717) is 12.2 Å². The molecular formula is C24H32O. The maximum Gasteiger partial charge on any atom is 0.147 e. The van der Waals surface area contributed by atoms with Crippen LogP contribution in [0.3, 0.4) is 0 Å². The number of unbranched alkanes of at least 4 members (excludes halogenated alkanes) is 4. The highest BCUT2D eigenvalue weighted by molar-refractivity contribution is 6.01. The van der Waals surface area contributed by atoms with Crippen molar-refractivity contribution in [2.75, 3.05) is 0 Å². The van der Waals surface area contributed by atoms with Crippen molar-refractivity contribution in [3.05, 3.63) is 59.7 Å². The standard InChI is InChI=1S/C24H30O.H2/c1-3-5-7-17-23(25)24(18-12-6-4-2)21-15-10-8-13-19(21)20-14-9-11-16-22(20)24;/h8-11,13-16H,3-7,12,17-18H2,1-2H3;1H. The van der Waals surface area contributed by atoms with Crippen LogP contribution in [0, 0.1) is 0 Å². The summed E-state index contributed by atoms with van der Waals surface area (Å²) in [7, 11) is 0. The fourth-order valence-corrected chi connectivity index (χ4v) is 4.42. The molecule has 0 radical (unpaired) electrons. The summed E-state index contributed by atoms with van der Waals surface area (Å²) in [5, 5.41) is 0. The summed E-state index contributed by atoms with van der Waals surface area (Å²) >= 11 is 0. The first-order valence-electron chi connectivity index (χ1n) is 9.98. The topological polar surface area (TPSA) is 17.1 Å². The molecule has 3 rings (SSSR count). The third kappa shape index (κ3) is 3.17. The number of hydrogen-bond acceptors (Lipinski definition) is 1. The summed E-state index contributed by atoms with van der Waals surface area (Å²) in [4.78, 5) is 13.6. The average molecular weight is 337 g/mol. The molecule has 1 aliphatic carbocycles. The van der Waals surface area contributed by atoms with Gasteiger partial charge in [0.05, 0.1) is 5.41 Å². The number of carbonyl (C=O) groups is 1. The van der Waals surface area contributed by atoms with Crippen LogP contribution in [0.5, 0.6) is 0 Å². The van der Waals surface area contributed by atoms with E-state index in [1.165, 1.54) is 35.1 Å². The van der Waals surface area contributed by atoms with Gasteiger partial charge in [-0.2, -0.15) is 0 Å². The summed E-state index contributed by atoms with van der Waals surface area (Å²) in [5.74, 6) is 0.425. The molecule has 0 bridgehead atoms. The molecule has 0 aliphatic heterocycles. The van der Waals surface area contributed by atoms with Crippen LogP contribution in [0.25, 0.3) is 11.1 Å².